The summed E-state index contributed by atoms with van der Waals surface area (Å²) in [6.45, 7) is 1.92. The van der Waals surface area contributed by atoms with Crippen LogP contribution in [0.2, 0.25) is 0 Å². The van der Waals surface area contributed by atoms with Crippen LogP contribution in [-0.2, 0) is 0 Å². The lowest BCUT2D eigenvalue weighted by atomic mass is 10.3. The van der Waals surface area contributed by atoms with Crippen LogP contribution in [-0.4, -0.2) is 9.38 Å². The molecule has 0 saturated heterocycles. The van der Waals surface area contributed by atoms with Crippen LogP contribution in [0.4, 0.5) is 0 Å². The molecule has 2 aromatic rings. The summed E-state index contributed by atoms with van der Waals surface area (Å²) in [5, 5.41) is 8.70. The first-order chi connectivity index (χ1) is 6.22. The van der Waals surface area contributed by atoms with Gasteiger partial charge in [-0.3, -0.25) is 4.40 Å². The standard InChI is InChI=1S/C9H6BrN3/c1-6-9(10)13-5-7(4-11)2-3-8(13)12-6/h2-3,5H,1H3. The van der Waals surface area contributed by atoms with Gasteiger partial charge in [-0.15, -0.1) is 0 Å². The number of fused-ring (bicyclic) bond motifs is 1. The predicted octanol–water partition coefficient (Wildman–Crippen LogP) is 2.28. The first kappa shape index (κ1) is 8.27. The second-order valence-electron chi connectivity index (χ2n) is 2.75. The fraction of sp³-hybridized carbons (Fsp3) is 0.111. The van der Waals surface area contributed by atoms with Gasteiger partial charge in [-0.25, -0.2) is 4.98 Å². The molecule has 13 heavy (non-hydrogen) atoms. The molecular formula is C9H6BrN3. The molecule has 2 aromatic heterocycles. The van der Waals surface area contributed by atoms with Crippen molar-refractivity contribution in [1.82, 2.24) is 9.38 Å². The number of halogens is 1. The van der Waals surface area contributed by atoms with E-state index in [9.17, 15) is 0 Å². The van der Waals surface area contributed by atoms with Crippen molar-refractivity contribution < 1.29 is 0 Å². The van der Waals surface area contributed by atoms with Gasteiger partial charge in [0.05, 0.1) is 11.3 Å². The van der Waals surface area contributed by atoms with E-state index in [1.165, 1.54) is 0 Å². The van der Waals surface area contributed by atoms with Crippen LogP contribution in [0.5, 0.6) is 0 Å². The van der Waals surface area contributed by atoms with Crippen molar-refractivity contribution in [1.29, 1.82) is 5.26 Å². The molecule has 0 aromatic carbocycles. The number of aromatic nitrogens is 2. The molecule has 2 rings (SSSR count). The van der Waals surface area contributed by atoms with Gasteiger partial charge < -0.3 is 0 Å². The number of hydrogen-bond acceptors (Lipinski definition) is 2. The summed E-state index contributed by atoms with van der Waals surface area (Å²) in [6.07, 6.45) is 1.76. The topological polar surface area (TPSA) is 41.1 Å². The summed E-state index contributed by atoms with van der Waals surface area (Å²) in [5.41, 5.74) is 2.41. The summed E-state index contributed by atoms with van der Waals surface area (Å²) in [5.74, 6) is 0. The van der Waals surface area contributed by atoms with Crippen LogP contribution in [0.3, 0.4) is 0 Å². The number of hydrogen-bond donors (Lipinski definition) is 0. The number of nitrogens with zero attached hydrogens (tertiary/aromatic N) is 3. The third-order valence-electron chi connectivity index (χ3n) is 1.85. The van der Waals surface area contributed by atoms with Crippen LogP contribution < -0.4 is 0 Å². The van der Waals surface area contributed by atoms with Gasteiger partial charge in [0.25, 0.3) is 0 Å². The van der Waals surface area contributed by atoms with Crippen molar-refractivity contribution in [2.75, 3.05) is 0 Å². The maximum absolute atomic E-state index is 8.70. The minimum Gasteiger partial charge on any atom is -0.293 e. The number of aryl methyl sites for hydroxylation is 1. The van der Waals surface area contributed by atoms with E-state index < -0.39 is 0 Å². The van der Waals surface area contributed by atoms with Gasteiger partial charge in [0.15, 0.2) is 0 Å². The molecular weight excluding hydrogens is 230 g/mol. The molecule has 0 aliphatic rings. The fourth-order valence-corrected chi connectivity index (χ4v) is 1.57. The zero-order valence-corrected chi connectivity index (χ0v) is 8.54. The Kier molecular flexibility index (Phi) is 1.82. The zero-order valence-electron chi connectivity index (χ0n) is 6.95. The lowest BCUT2D eigenvalue weighted by Gasteiger charge is -1.94. The first-order valence-corrected chi connectivity index (χ1v) is 4.56. The molecule has 0 atom stereocenters. The van der Waals surface area contributed by atoms with Gasteiger partial charge in [-0.2, -0.15) is 5.26 Å². The average molecular weight is 236 g/mol. The maximum Gasteiger partial charge on any atom is 0.137 e. The van der Waals surface area contributed by atoms with Crippen molar-refractivity contribution in [3.8, 4) is 6.07 Å². The van der Waals surface area contributed by atoms with Crippen molar-refractivity contribution >= 4 is 21.6 Å². The lowest BCUT2D eigenvalue weighted by Crippen LogP contribution is -1.86. The number of imidazole rings is 1. The van der Waals surface area contributed by atoms with Crippen molar-refractivity contribution in [2.24, 2.45) is 0 Å². The first-order valence-electron chi connectivity index (χ1n) is 3.76. The van der Waals surface area contributed by atoms with Gasteiger partial charge in [0.1, 0.15) is 16.3 Å². The molecule has 0 fully saturated rings. The van der Waals surface area contributed by atoms with E-state index in [4.69, 9.17) is 5.26 Å². The molecule has 0 saturated carbocycles. The molecule has 0 amide bonds. The summed E-state index contributed by atoms with van der Waals surface area (Å²) in [4.78, 5) is 4.29. The molecule has 0 unspecified atom stereocenters. The molecule has 0 radical (unpaired) electrons. The molecule has 0 aliphatic heterocycles. The van der Waals surface area contributed by atoms with E-state index in [2.05, 4.69) is 27.0 Å². The fourth-order valence-electron chi connectivity index (χ4n) is 1.20. The normalized spacial score (nSPS) is 10.2. The largest absolute Gasteiger partial charge is 0.293 e. The maximum atomic E-state index is 8.70. The number of rotatable bonds is 0. The molecule has 0 aliphatic carbocycles. The second kappa shape index (κ2) is 2.86. The minimum absolute atomic E-state index is 0.630. The van der Waals surface area contributed by atoms with Gasteiger partial charge in [0, 0.05) is 6.20 Å². The van der Waals surface area contributed by atoms with Crippen LogP contribution in [0.1, 0.15) is 11.3 Å². The highest BCUT2D eigenvalue weighted by atomic mass is 79.9. The molecule has 0 N–H and O–H groups in total. The predicted molar refractivity (Wildman–Crippen MR) is 52.3 cm³/mol. The number of nitriles is 1. The van der Waals surface area contributed by atoms with Gasteiger partial charge in [0.2, 0.25) is 0 Å². The van der Waals surface area contributed by atoms with E-state index >= 15 is 0 Å². The van der Waals surface area contributed by atoms with E-state index in [0.717, 1.165) is 15.9 Å². The zero-order chi connectivity index (χ0) is 9.42. The van der Waals surface area contributed by atoms with Crippen molar-refractivity contribution in [3.63, 3.8) is 0 Å². The second-order valence-corrected chi connectivity index (χ2v) is 3.50. The Balaban J connectivity index is 2.84. The van der Waals surface area contributed by atoms with Crippen LogP contribution in [0, 0.1) is 18.3 Å². The minimum atomic E-state index is 0.630. The van der Waals surface area contributed by atoms with Crippen LogP contribution in [0.25, 0.3) is 5.65 Å². The molecule has 64 valence electrons. The van der Waals surface area contributed by atoms with E-state index in [-0.39, 0.29) is 0 Å². The van der Waals surface area contributed by atoms with Gasteiger partial charge in [-0.1, -0.05) is 0 Å². The monoisotopic (exact) mass is 235 g/mol. The molecule has 0 bridgehead atoms. The van der Waals surface area contributed by atoms with E-state index in [0.29, 0.717) is 5.56 Å². The SMILES string of the molecule is Cc1nc2ccc(C#N)cn2c1Br. The van der Waals surface area contributed by atoms with Gasteiger partial charge >= 0.3 is 0 Å². The number of pyridine rings is 1. The lowest BCUT2D eigenvalue weighted by molar-refractivity contribution is 1.14. The Hall–Kier alpha value is -1.34. The highest BCUT2D eigenvalue weighted by molar-refractivity contribution is 9.10. The molecule has 0 spiro atoms. The smallest absolute Gasteiger partial charge is 0.137 e. The van der Waals surface area contributed by atoms with Crippen molar-refractivity contribution in [3.05, 3.63) is 34.2 Å². The average Bonchev–Trinajstić information content (AvgIpc) is 2.43. The Morgan fingerprint density at radius 1 is 1.54 bits per heavy atom. The van der Waals surface area contributed by atoms with E-state index in [1.807, 2.05) is 17.4 Å². The summed E-state index contributed by atoms with van der Waals surface area (Å²) in [7, 11) is 0. The Morgan fingerprint density at radius 2 is 2.31 bits per heavy atom. The Bertz CT molecular complexity index is 507. The Labute approximate surface area is 83.8 Å². The van der Waals surface area contributed by atoms with Crippen LogP contribution >= 0.6 is 15.9 Å². The Morgan fingerprint density at radius 3 is 3.00 bits per heavy atom. The van der Waals surface area contributed by atoms with Gasteiger partial charge in [-0.05, 0) is 35.0 Å². The molecule has 4 heteroatoms. The third-order valence-corrected chi connectivity index (χ3v) is 2.80. The highest BCUT2D eigenvalue weighted by Crippen LogP contribution is 2.18. The highest BCUT2D eigenvalue weighted by Gasteiger charge is 2.05. The van der Waals surface area contributed by atoms with Crippen molar-refractivity contribution in [2.45, 2.75) is 6.92 Å². The quantitative estimate of drug-likeness (QED) is 0.704. The van der Waals surface area contributed by atoms with Crippen LogP contribution in [0.15, 0.2) is 22.9 Å². The summed E-state index contributed by atoms with van der Waals surface area (Å²) < 4.78 is 2.76. The molecule has 3 nitrogen and oxygen atoms in total. The summed E-state index contributed by atoms with van der Waals surface area (Å²) in [6, 6.07) is 5.67. The summed E-state index contributed by atoms with van der Waals surface area (Å²) >= 11 is 3.41. The van der Waals surface area contributed by atoms with E-state index in [1.54, 1.807) is 12.3 Å². The third kappa shape index (κ3) is 1.21. The molecule has 2 heterocycles.